The van der Waals surface area contributed by atoms with Crippen LogP contribution in [0.5, 0.6) is 11.5 Å². The molecule has 0 bridgehead atoms. The topological polar surface area (TPSA) is 76.7 Å². The number of aryl methyl sites for hydroxylation is 1. The number of ether oxygens (including phenoxy) is 2. The average Bonchev–Trinajstić information content (AvgIpc) is 3.25. The molecule has 2 heterocycles. The third kappa shape index (κ3) is 4.80. The maximum atomic E-state index is 13.1. The van der Waals surface area contributed by atoms with Gasteiger partial charge in [-0.05, 0) is 36.1 Å². The lowest BCUT2D eigenvalue weighted by Gasteiger charge is -2.21. The Bertz CT molecular complexity index is 1030. The summed E-state index contributed by atoms with van der Waals surface area (Å²) in [4.78, 5) is 26.6. The number of nitrogens with one attached hydrogen (secondary N) is 2. The van der Waals surface area contributed by atoms with Crippen LogP contribution in [0.4, 0.5) is 5.69 Å². The minimum absolute atomic E-state index is 0.208. The van der Waals surface area contributed by atoms with E-state index in [-0.39, 0.29) is 18.2 Å². The number of carbonyl (C=O) groups is 2. The number of anilines is 1. The van der Waals surface area contributed by atoms with Crippen molar-refractivity contribution in [2.75, 3.05) is 18.5 Å². The number of carbonyl (C=O) groups excluding carboxylic acids is 2. The zero-order valence-electron chi connectivity index (χ0n) is 16.5. The van der Waals surface area contributed by atoms with Crippen LogP contribution in [-0.4, -0.2) is 25.0 Å². The van der Waals surface area contributed by atoms with E-state index in [0.29, 0.717) is 30.4 Å². The average molecular weight is 423 g/mol. The van der Waals surface area contributed by atoms with Crippen molar-refractivity contribution in [2.24, 2.45) is 0 Å². The molecule has 1 aliphatic rings. The highest BCUT2D eigenvalue weighted by molar-refractivity contribution is 7.10. The molecule has 7 heteroatoms. The molecule has 2 aromatic carbocycles. The molecule has 154 valence electrons. The molecule has 4 rings (SSSR count). The quantitative estimate of drug-likeness (QED) is 0.632. The highest BCUT2D eigenvalue weighted by Gasteiger charge is 2.24. The molecule has 0 saturated heterocycles. The monoisotopic (exact) mass is 422 g/mol. The van der Waals surface area contributed by atoms with Gasteiger partial charge in [0, 0.05) is 16.6 Å². The predicted molar refractivity (Wildman–Crippen MR) is 116 cm³/mol. The Morgan fingerprint density at radius 2 is 1.80 bits per heavy atom. The van der Waals surface area contributed by atoms with Gasteiger partial charge in [-0.25, -0.2) is 0 Å². The molecule has 1 atom stereocenters. The van der Waals surface area contributed by atoms with Crippen LogP contribution in [0.2, 0.25) is 0 Å². The number of benzene rings is 2. The Morgan fingerprint density at radius 1 is 1.03 bits per heavy atom. The Hall–Kier alpha value is -3.32. The summed E-state index contributed by atoms with van der Waals surface area (Å²) >= 11 is 1.51. The fraction of sp³-hybridized carbons (Fsp3) is 0.217. The maximum Gasteiger partial charge on any atom is 0.251 e. The van der Waals surface area contributed by atoms with Gasteiger partial charge in [0.15, 0.2) is 11.5 Å². The Morgan fingerprint density at radius 3 is 2.53 bits per heavy atom. The van der Waals surface area contributed by atoms with Crippen LogP contribution in [0.25, 0.3) is 0 Å². The van der Waals surface area contributed by atoms with Crippen molar-refractivity contribution in [1.82, 2.24) is 5.32 Å². The summed E-state index contributed by atoms with van der Waals surface area (Å²) in [6.07, 6.45) is 0.233. The number of hydrogen-bond donors (Lipinski definition) is 2. The first-order chi connectivity index (χ1) is 14.6. The molecule has 0 spiro atoms. The van der Waals surface area contributed by atoms with Gasteiger partial charge in [-0.3, -0.25) is 9.59 Å². The van der Waals surface area contributed by atoms with Gasteiger partial charge < -0.3 is 20.1 Å². The van der Waals surface area contributed by atoms with E-state index in [1.165, 1.54) is 11.3 Å². The highest BCUT2D eigenvalue weighted by atomic mass is 32.1. The summed E-state index contributed by atoms with van der Waals surface area (Å²) in [5.41, 5.74) is 2.37. The van der Waals surface area contributed by atoms with Crippen LogP contribution in [0, 0.1) is 6.92 Å². The molecule has 1 aliphatic heterocycles. The molecule has 0 saturated carbocycles. The number of rotatable bonds is 6. The molecule has 0 unspecified atom stereocenters. The van der Waals surface area contributed by atoms with Gasteiger partial charge in [-0.2, -0.15) is 0 Å². The summed E-state index contributed by atoms with van der Waals surface area (Å²) in [6.45, 7) is 2.95. The minimum Gasteiger partial charge on any atom is -0.486 e. The summed E-state index contributed by atoms with van der Waals surface area (Å²) in [7, 11) is 0. The van der Waals surface area contributed by atoms with E-state index in [1.807, 2.05) is 48.7 Å². The molecule has 0 aliphatic carbocycles. The lowest BCUT2D eigenvalue weighted by Crippen LogP contribution is -2.37. The van der Waals surface area contributed by atoms with Crippen molar-refractivity contribution in [3.63, 3.8) is 0 Å². The molecule has 2 amide bonds. The Labute approximate surface area is 178 Å². The smallest absolute Gasteiger partial charge is 0.251 e. The fourth-order valence-electron chi connectivity index (χ4n) is 3.18. The van der Waals surface area contributed by atoms with Gasteiger partial charge in [0.05, 0.1) is 6.42 Å². The van der Waals surface area contributed by atoms with Crippen molar-refractivity contribution in [2.45, 2.75) is 19.4 Å². The third-order valence-electron chi connectivity index (χ3n) is 4.70. The Balaban J connectivity index is 1.52. The zero-order chi connectivity index (χ0) is 20.9. The van der Waals surface area contributed by atoms with E-state index in [4.69, 9.17) is 9.47 Å². The third-order valence-corrected chi connectivity index (χ3v) is 5.58. The molecule has 1 aromatic heterocycles. The summed E-state index contributed by atoms with van der Waals surface area (Å²) in [6, 6.07) is 15.8. The Kier molecular flexibility index (Phi) is 5.99. The van der Waals surface area contributed by atoms with Gasteiger partial charge in [-0.1, -0.05) is 35.9 Å². The van der Waals surface area contributed by atoms with Crippen molar-refractivity contribution in [3.8, 4) is 11.5 Å². The second kappa shape index (κ2) is 9.00. The number of amides is 2. The number of thiophene rings is 1. The first kappa shape index (κ1) is 20.0. The summed E-state index contributed by atoms with van der Waals surface area (Å²) in [5.74, 6) is 0.710. The van der Waals surface area contributed by atoms with E-state index >= 15 is 0 Å². The van der Waals surface area contributed by atoms with Crippen LogP contribution in [0.3, 0.4) is 0 Å². The van der Waals surface area contributed by atoms with Gasteiger partial charge in [0.1, 0.15) is 19.3 Å². The molecule has 2 N–H and O–H groups in total. The van der Waals surface area contributed by atoms with Gasteiger partial charge in [-0.15, -0.1) is 11.3 Å². The van der Waals surface area contributed by atoms with Gasteiger partial charge >= 0.3 is 0 Å². The molecule has 6 nitrogen and oxygen atoms in total. The normalized spacial score (nSPS) is 13.4. The molecular formula is C23H22N2O4S. The van der Waals surface area contributed by atoms with Gasteiger partial charge in [0.25, 0.3) is 5.91 Å². The second-order valence-corrected chi connectivity index (χ2v) is 8.05. The van der Waals surface area contributed by atoms with Crippen LogP contribution in [0.1, 0.15) is 22.0 Å². The van der Waals surface area contributed by atoms with Crippen LogP contribution in [0.15, 0.2) is 60.0 Å². The SMILES string of the molecule is Cc1ccc([C@@H](NC(=O)Cc2cccs2)C(=O)Nc2ccc3c(c2)OCCO3)cc1. The van der Waals surface area contributed by atoms with E-state index in [0.717, 1.165) is 16.0 Å². The lowest BCUT2D eigenvalue weighted by molar-refractivity contribution is -0.126. The van der Waals surface area contributed by atoms with Gasteiger partial charge in [0.2, 0.25) is 5.91 Å². The summed E-state index contributed by atoms with van der Waals surface area (Å²) in [5, 5.41) is 7.68. The van der Waals surface area contributed by atoms with E-state index in [9.17, 15) is 9.59 Å². The fourth-order valence-corrected chi connectivity index (χ4v) is 3.88. The van der Waals surface area contributed by atoms with Crippen LogP contribution in [-0.2, 0) is 16.0 Å². The molecule has 0 fully saturated rings. The minimum atomic E-state index is -0.814. The second-order valence-electron chi connectivity index (χ2n) is 7.02. The molecule has 30 heavy (non-hydrogen) atoms. The standard InChI is InChI=1S/C23H22N2O4S/c1-15-4-6-16(7-5-15)22(25-21(26)14-18-3-2-12-30-18)23(27)24-17-8-9-19-20(13-17)29-11-10-28-19/h2-9,12-13,22H,10-11,14H2,1H3,(H,24,27)(H,25,26)/t22-/m1/s1. The zero-order valence-corrected chi connectivity index (χ0v) is 17.3. The first-order valence-corrected chi connectivity index (χ1v) is 10.6. The van der Waals surface area contributed by atoms with E-state index < -0.39 is 6.04 Å². The van der Waals surface area contributed by atoms with Crippen LogP contribution >= 0.6 is 11.3 Å². The lowest BCUT2D eigenvalue weighted by atomic mass is 10.0. The van der Waals surface area contributed by atoms with Crippen molar-refractivity contribution in [1.29, 1.82) is 0 Å². The molecule has 0 radical (unpaired) electrons. The van der Waals surface area contributed by atoms with Crippen LogP contribution < -0.4 is 20.1 Å². The number of fused-ring (bicyclic) bond motifs is 1. The number of hydrogen-bond acceptors (Lipinski definition) is 5. The van der Waals surface area contributed by atoms with Crippen molar-refractivity contribution < 1.29 is 19.1 Å². The van der Waals surface area contributed by atoms with E-state index in [2.05, 4.69) is 10.6 Å². The van der Waals surface area contributed by atoms with Crippen molar-refractivity contribution in [3.05, 3.63) is 76.0 Å². The maximum absolute atomic E-state index is 13.1. The molecule has 3 aromatic rings. The predicted octanol–water partition coefficient (Wildman–Crippen LogP) is 3.87. The molecular weight excluding hydrogens is 400 g/mol. The highest BCUT2D eigenvalue weighted by Crippen LogP contribution is 2.33. The van der Waals surface area contributed by atoms with E-state index in [1.54, 1.807) is 18.2 Å². The summed E-state index contributed by atoms with van der Waals surface area (Å²) < 4.78 is 11.1. The largest absolute Gasteiger partial charge is 0.486 e. The first-order valence-electron chi connectivity index (χ1n) is 9.67. The van der Waals surface area contributed by atoms with Crippen molar-refractivity contribution >= 4 is 28.8 Å².